The number of carboxylic acid groups (broad SMARTS) is 1. The van der Waals surface area contributed by atoms with Gasteiger partial charge in [0, 0.05) is 20.0 Å². The molecule has 0 aliphatic rings. The fourth-order valence-corrected chi connectivity index (χ4v) is 1.65. The molecule has 1 rings (SSSR count). The molecule has 0 radical (unpaired) electrons. The van der Waals surface area contributed by atoms with E-state index in [-0.39, 0.29) is 18.5 Å². The minimum atomic E-state index is -1.54. The van der Waals surface area contributed by atoms with Gasteiger partial charge in [0.05, 0.1) is 5.69 Å². The van der Waals surface area contributed by atoms with E-state index in [9.17, 15) is 14.4 Å². The van der Waals surface area contributed by atoms with Crippen LogP contribution in [-0.4, -0.2) is 44.5 Å². The van der Waals surface area contributed by atoms with Gasteiger partial charge >= 0.3 is 5.97 Å². The number of nitrogens with one attached hydrogen (secondary N) is 1. The van der Waals surface area contributed by atoms with Gasteiger partial charge in [0.25, 0.3) is 11.5 Å². The maximum Gasteiger partial charge on any atom is 0.332 e. The summed E-state index contributed by atoms with van der Waals surface area (Å²) in [6.07, 6.45) is -1.68. The summed E-state index contributed by atoms with van der Waals surface area (Å²) in [5.74, 6) is -1.96. The van der Waals surface area contributed by atoms with Crippen LogP contribution in [0.5, 0.6) is 0 Å². The zero-order chi connectivity index (χ0) is 15.4. The monoisotopic (exact) mass is 283 g/mol. The summed E-state index contributed by atoms with van der Waals surface area (Å²) < 4.78 is 1.07. The number of amides is 1. The second-order valence-electron chi connectivity index (χ2n) is 4.41. The van der Waals surface area contributed by atoms with E-state index in [1.54, 1.807) is 13.8 Å². The summed E-state index contributed by atoms with van der Waals surface area (Å²) in [7, 11) is 1.44. The quantitative estimate of drug-likeness (QED) is 0.634. The van der Waals surface area contributed by atoms with Gasteiger partial charge in [-0.3, -0.25) is 9.59 Å². The van der Waals surface area contributed by atoms with Gasteiger partial charge < -0.3 is 15.5 Å². The molecule has 0 bridgehead atoms. The van der Waals surface area contributed by atoms with Crippen molar-refractivity contribution in [2.24, 2.45) is 7.05 Å². The van der Waals surface area contributed by atoms with E-state index in [4.69, 9.17) is 10.2 Å². The van der Waals surface area contributed by atoms with Crippen LogP contribution in [-0.2, 0) is 11.8 Å². The number of hydrogen-bond acceptors (Lipinski definition) is 5. The summed E-state index contributed by atoms with van der Waals surface area (Å²) in [6, 6.07) is 0. The Hall–Kier alpha value is -2.22. The van der Waals surface area contributed by atoms with E-state index in [0.717, 1.165) is 4.68 Å². The highest BCUT2D eigenvalue weighted by Gasteiger charge is 2.18. The van der Waals surface area contributed by atoms with E-state index in [0.29, 0.717) is 11.3 Å². The number of aliphatic carboxylic acids is 1. The first-order valence-electron chi connectivity index (χ1n) is 5.99. The molecule has 1 atom stereocenters. The van der Waals surface area contributed by atoms with Crippen molar-refractivity contribution in [2.45, 2.75) is 26.4 Å². The average molecular weight is 283 g/mol. The predicted octanol–water partition coefficient (Wildman–Crippen LogP) is -1.04. The van der Waals surface area contributed by atoms with Gasteiger partial charge in [-0.25, -0.2) is 9.48 Å². The number of carbonyl (C=O) groups excluding carboxylic acids is 1. The summed E-state index contributed by atoms with van der Waals surface area (Å²) in [6.45, 7) is 3.25. The first-order chi connectivity index (χ1) is 9.25. The van der Waals surface area contributed by atoms with Gasteiger partial charge in [-0.1, -0.05) is 0 Å². The zero-order valence-corrected chi connectivity index (χ0v) is 11.5. The van der Waals surface area contributed by atoms with Crippen molar-refractivity contribution in [1.82, 2.24) is 15.1 Å². The van der Waals surface area contributed by atoms with E-state index >= 15 is 0 Å². The number of aromatic nitrogens is 2. The van der Waals surface area contributed by atoms with Crippen molar-refractivity contribution < 1.29 is 19.8 Å². The highest BCUT2D eigenvalue weighted by molar-refractivity contribution is 5.95. The topological polar surface area (TPSA) is 122 Å². The van der Waals surface area contributed by atoms with Gasteiger partial charge in [0.2, 0.25) is 0 Å². The molecule has 8 nitrogen and oxygen atoms in total. The smallest absolute Gasteiger partial charge is 0.332 e. The first kappa shape index (κ1) is 15.8. The number of aryl methyl sites for hydroxylation is 2. The number of nitrogens with zero attached hydrogens (tertiary/aromatic N) is 2. The zero-order valence-electron chi connectivity index (χ0n) is 11.5. The molecule has 110 valence electrons. The maximum absolute atomic E-state index is 12.0. The van der Waals surface area contributed by atoms with Gasteiger partial charge in [-0.05, 0) is 19.4 Å². The lowest BCUT2D eigenvalue weighted by Gasteiger charge is -2.11. The van der Waals surface area contributed by atoms with Crippen LogP contribution in [0, 0.1) is 13.8 Å². The molecule has 0 aliphatic heterocycles. The Morgan fingerprint density at radius 1 is 1.40 bits per heavy atom. The van der Waals surface area contributed by atoms with Crippen LogP contribution in [0.15, 0.2) is 4.79 Å². The summed E-state index contributed by atoms with van der Waals surface area (Å²) in [5, 5.41) is 24.0. The number of rotatable bonds is 5. The maximum atomic E-state index is 12.0. The molecule has 1 amide bonds. The van der Waals surface area contributed by atoms with Gasteiger partial charge in [-0.15, -0.1) is 0 Å². The van der Waals surface area contributed by atoms with E-state index < -0.39 is 23.5 Å². The van der Waals surface area contributed by atoms with Crippen molar-refractivity contribution in [3.05, 3.63) is 27.2 Å². The second-order valence-corrected chi connectivity index (χ2v) is 4.41. The number of carboxylic acids is 1. The van der Waals surface area contributed by atoms with Crippen LogP contribution in [0.25, 0.3) is 0 Å². The minimum Gasteiger partial charge on any atom is -0.479 e. The van der Waals surface area contributed by atoms with Crippen molar-refractivity contribution in [1.29, 1.82) is 0 Å². The third-order valence-electron chi connectivity index (χ3n) is 2.94. The molecule has 0 saturated carbocycles. The molecule has 1 heterocycles. The molecule has 0 unspecified atom stereocenters. The van der Waals surface area contributed by atoms with Crippen molar-refractivity contribution in [2.75, 3.05) is 6.54 Å². The van der Waals surface area contributed by atoms with Crippen LogP contribution < -0.4 is 10.9 Å². The molecule has 3 N–H and O–H groups in total. The van der Waals surface area contributed by atoms with Crippen LogP contribution in [0.2, 0.25) is 0 Å². The standard InChI is InChI=1S/C12H17N3O5/c1-6-7(2)14-15(3)11(18)9(6)10(17)13-5-4-8(16)12(19)20/h8,16H,4-5H2,1-3H3,(H,13,17)(H,19,20)/t8-/m0/s1. The van der Waals surface area contributed by atoms with Crippen LogP contribution in [0.1, 0.15) is 28.0 Å². The molecule has 0 aliphatic carbocycles. The average Bonchev–Trinajstić information content (AvgIpc) is 2.36. The molecule has 0 spiro atoms. The number of hydrogen-bond donors (Lipinski definition) is 3. The molecule has 20 heavy (non-hydrogen) atoms. The highest BCUT2D eigenvalue weighted by Crippen LogP contribution is 2.05. The minimum absolute atomic E-state index is 0.0233. The molecular formula is C12H17N3O5. The molecule has 0 saturated heterocycles. The molecular weight excluding hydrogens is 266 g/mol. The fourth-order valence-electron chi connectivity index (χ4n) is 1.65. The first-order valence-corrected chi connectivity index (χ1v) is 5.99. The molecule has 8 heteroatoms. The third kappa shape index (κ3) is 3.41. The Morgan fingerprint density at radius 3 is 2.55 bits per heavy atom. The fraction of sp³-hybridized carbons (Fsp3) is 0.500. The Kier molecular flexibility index (Phi) is 4.98. The van der Waals surface area contributed by atoms with Crippen molar-refractivity contribution in [3.63, 3.8) is 0 Å². The Labute approximate surface area is 115 Å². The Bertz CT molecular complexity index is 593. The number of carbonyl (C=O) groups is 2. The SMILES string of the molecule is Cc1nn(C)c(=O)c(C(=O)NCC[C@H](O)C(=O)O)c1C. The summed E-state index contributed by atoms with van der Waals surface area (Å²) in [5.41, 5.74) is 0.487. The highest BCUT2D eigenvalue weighted by atomic mass is 16.4. The van der Waals surface area contributed by atoms with Gasteiger partial charge in [-0.2, -0.15) is 5.10 Å². The Balaban J connectivity index is 2.84. The van der Waals surface area contributed by atoms with Crippen molar-refractivity contribution in [3.8, 4) is 0 Å². The predicted molar refractivity (Wildman–Crippen MR) is 69.5 cm³/mol. The van der Waals surface area contributed by atoms with E-state index in [1.807, 2.05) is 0 Å². The van der Waals surface area contributed by atoms with Gasteiger partial charge in [0.1, 0.15) is 5.56 Å². The lowest BCUT2D eigenvalue weighted by molar-refractivity contribution is -0.146. The van der Waals surface area contributed by atoms with Crippen LogP contribution in [0.4, 0.5) is 0 Å². The van der Waals surface area contributed by atoms with E-state index in [2.05, 4.69) is 10.4 Å². The molecule has 1 aromatic rings. The lowest BCUT2D eigenvalue weighted by atomic mass is 10.1. The molecule has 0 aromatic carbocycles. The summed E-state index contributed by atoms with van der Waals surface area (Å²) >= 11 is 0. The third-order valence-corrected chi connectivity index (χ3v) is 2.94. The summed E-state index contributed by atoms with van der Waals surface area (Å²) in [4.78, 5) is 34.3. The Morgan fingerprint density at radius 2 is 2.00 bits per heavy atom. The van der Waals surface area contributed by atoms with E-state index in [1.165, 1.54) is 7.05 Å². The normalized spacial score (nSPS) is 12.0. The largest absolute Gasteiger partial charge is 0.479 e. The molecule has 1 aromatic heterocycles. The van der Waals surface area contributed by atoms with Crippen LogP contribution in [0.3, 0.4) is 0 Å². The number of aliphatic hydroxyl groups excluding tert-OH is 1. The molecule has 0 fully saturated rings. The van der Waals surface area contributed by atoms with Gasteiger partial charge in [0.15, 0.2) is 6.10 Å². The number of aliphatic hydroxyl groups is 1. The lowest BCUT2D eigenvalue weighted by Crippen LogP contribution is -2.36. The van der Waals surface area contributed by atoms with Crippen molar-refractivity contribution >= 4 is 11.9 Å². The van der Waals surface area contributed by atoms with Crippen LogP contribution >= 0.6 is 0 Å². The second kappa shape index (κ2) is 6.29.